The van der Waals surface area contributed by atoms with E-state index < -0.39 is 23.1 Å². The number of benzene rings is 1. The molecule has 0 aliphatic heterocycles. The summed E-state index contributed by atoms with van der Waals surface area (Å²) in [5.41, 5.74) is 4.76. The number of aromatic nitrogens is 2. The van der Waals surface area contributed by atoms with E-state index >= 15 is 0 Å². The zero-order valence-electron chi connectivity index (χ0n) is 8.92. The van der Waals surface area contributed by atoms with Gasteiger partial charge in [0.25, 0.3) is 0 Å². The Morgan fingerprint density at radius 2 is 2.22 bits per heavy atom. The van der Waals surface area contributed by atoms with Crippen molar-refractivity contribution in [3.8, 4) is 17.1 Å². The first-order valence-corrected chi connectivity index (χ1v) is 4.81. The van der Waals surface area contributed by atoms with Gasteiger partial charge in [-0.25, -0.2) is 9.18 Å². The first-order chi connectivity index (χ1) is 8.52. The van der Waals surface area contributed by atoms with E-state index in [0.29, 0.717) is 0 Å². The van der Waals surface area contributed by atoms with E-state index in [1.165, 1.54) is 0 Å². The van der Waals surface area contributed by atoms with E-state index in [2.05, 4.69) is 10.1 Å². The standard InChI is InChI=1S/C10H8FN3O4/c11-6-2-4(1-5(8(6)15)10(16)17)9-13-7(3-12)18-14-9/h1-2,15H,3,12H2,(H,16,17). The van der Waals surface area contributed by atoms with Gasteiger partial charge in [-0.1, -0.05) is 5.16 Å². The van der Waals surface area contributed by atoms with Crippen molar-refractivity contribution in [3.63, 3.8) is 0 Å². The number of phenols is 1. The maximum Gasteiger partial charge on any atom is 0.339 e. The molecule has 0 unspecified atom stereocenters. The van der Waals surface area contributed by atoms with Crippen molar-refractivity contribution in [3.05, 3.63) is 29.4 Å². The van der Waals surface area contributed by atoms with Gasteiger partial charge in [0.1, 0.15) is 5.56 Å². The maximum atomic E-state index is 13.4. The summed E-state index contributed by atoms with van der Waals surface area (Å²) in [6.07, 6.45) is 0. The van der Waals surface area contributed by atoms with E-state index in [1.807, 2.05) is 0 Å². The lowest BCUT2D eigenvalue weighted by Crippen LogP contribution is -2.00. The predicted octanol–water partition coefficient (Wildman–Crippen LogP) is 0.738. The number of aromatic hydroxyl groups is 1. The van der Waals surface area contributed by atoms with Crippen LogP contribution < -0.4 is 5.73 Å². The smallest absolute Gasteiger partial charge is 0.339 e. The molecule has 94 valence electrons. The van der Waals surface area contributed by atoms with Crippen LogP contribution >= 0.6 is 0 Å². The summed E-state index contributed by atoms with van der Waals surface area (Å²) in [6, 6.07) is 1.96. The van der Waals surface area contributed by atoms with Crippen LogP contribution in [0.4, 0.5) is 4.39 Å². The van der Waals surface area contributed by atoms with Gasteiger partial charge in [0.15, 0.2) is 11.6 Å². The van der Waals surface area contributed by atoms with Crippen LogP contribution in [-0.2, 0) is 6.54 Å². The van der Waals surface area contributed by atoms with Crippen molar-refractivity contribution in [1.82, 2.24) is 10.1 Å². The number of halogens is 1. The highest BCUT2D eigenvalue weighted by atomic mass is 19.1. The summed E-state index contributed by atoms with van der Waals surface area (Å²) in [6.45, 7) is 0.0132. The number of aromatic carboxylic acids is 1. The fraction of sp³-hybridized carbons (Fsp3) is 0.100. The van der Waals surface area contributed by atoms with Crippen LogP contribution in [0.5, 0.6) is 5.75 Å². The molecule has 0 radical (unpaired) electrons. The molecule has 0 aliphatic carbocycles. The molecule has 0 fully saturated rings. The highest BCUT2D eigenvalue weighted by Gasteiger charge is 2.18. The number of hydrogen-bond donors (Lipinski definition) is 3. The third-order valence-corrected chi connectivity index (χ3v) is 2.19. The fourth-order valence-electron chi connectivity index (χ4n) is 1.35. The number of carbonyl (C=O) groups is 1. The lowest BCUT2D eigenvalue weighted by Gasteiger charge is -2.02. The number of carboxylic acid groups (broad SMARTS) is 1. The van der Waals surface area contributed by atoms with Gasteiger partial charge >= 0.3 is 5.97 Å². The SMILES string of the molecule is NCc1nc(-c2cc(F)c(O)c(C(=O)O)c2)no1. The van der Waals surface area contributed by atoms with Crippen LogP contribution in [0.3, 0.4) is 0 Å². The first-order valence-electron chi connectivity index (χ1n) is 4.81. The first kappa shape index (κ1) is 12.0. The van der Waals surface area contributed by atoms with Crippen LogP contribution in [0.15, 0.2) is 16.7 Å². The molecular formula is C10H8FN3O4. The van der Waals surface area contributed by atoms with Crippen LogP contribution in [-0.4, -0.2) is 26.3 Å². The molecule has 0 aliphatic rings. The van der Waals surface area contributed by atoms with Crippen LogP contribution in [0.25, 0.3) is 11.4 Å². The Bertz CT molecular complexity index is 611. The molecule has 0 amide bonds. The second kappa shape index (κ2) is 4.41. The number of rotatable bonds is 3. The molecular weight excluding hydrogens is 245 g/mol. The number of nitrogens with zero attached hydrogens (tertiary/aromatic N) is 2. The van der Waals surface area contributed by atoms with E-state index in [-0.39, 0.29) is 23.8 Å². The van der Waals surface area contributed by atoms with Crippen molar-refractivity contribution in [2.24, 2.45) is 5.73 Å². The Morgan fingerprint density at radius 3 is 2.78 bits per heavy atom. The van der Waals surface area contributed by atoms with E-state index in [0.717, 1.165) is 12.1 Å². The van der Waals surface area contributed by atoms with Crippen molar-refractivity contribution in [1.29, 1.82) is 0 Å². The van der Waals surface area contributed by atoms with Crippen LogP contribution in [0.1, 0.15) is 16.2 Å². The van der Waals surface area contributed by atoms with Gasteiger partial charge in [-0.2, -0.15) is 4.98 Å². The molecule has 0 atom stereocenters. The Hall–Kier alpha value is -2.48. The van der Waals surface area contributed by atoms with Gasteiger partial charge in [-0.15, -0.1) is 0 Å². The Kier molecular flexibility index (Phi) is 2.94. The van der Waals surface area contributed by atoms with Crippen molar-refractivity contribution in [2.75, 3.05) is 0 Å². The third-order valence-electron chi connectivity index (χ3n) is 2.19. The number of hydrogen-bond acceptors (Lipinski definition) is 6. The average molecular weight is 253 g/mol. The van der Waals surface area contributed by atoms with Crippen molar-refractivity contribution >= 4 is 5.97 Å². The van der Waals surface area contributed by atoms with Gasteiger partial charge in [0.05, 0.1) is 6.54 Å². The zero-order valence-corrected chi connectivity index (χ0v) is 8.92. The summed E-state index contributed by atoms with van der Waals surface area (Å²) in [7, 11) is 0. The monoisotopic (exact) mass is 253 g/mol. The Labute approximate surface area is 99.7 Å². The quantitative estimate of drug-likeness (QED) is 0.737. The molecule has 2 aromatic rings. The fourth-order valence-corrected chi connectivity index (χ4v) is 1.35. The summed E-state index contributed by atoms with van der Waals surface area (Å²) < 4.78 is 18.1. The Balaban J connectivity index is 2.55. The summed E-state index contributed by atoms with van der Waals surface area (Å²) in [5.74, 6) is -3.35. The molecule has 0 saturated heterocycles. The predicted molar refractivity (Wildman–Crippen MR) is 56.2 cm³/mol. The summed E-state index contributed by atoms with van der Waals surface area (Å²) in [4.78, 5) is 14.6. The Morgan fingerprint density at radius 1 is 1.50 bits per heavy atom. The maximum absolute atomic E-state index is 13.4. The minimum atomic E-state index is -1.46. The normalized spacial score (nSPS) is 10.6. The number of carboxylic acids is 1. The van der Waals surface area contributed by atoms with Gasteiger partial charge in [-0.3, -0.25) is 0 Å². The summed E-state index contributed by atoms with van der Waals surface area (Å²) in [5, 5.41) is 21.6. The molecule has 1 aromatic heterocycles. The van der Waals surface area contributed by atoms with E-state index in [1.54, 1.807) is 0 Å². The summed E-state index contributed by atoms with van der Waals surface area (Å²) >= 11 is 0. The molecule has 7 nitrogen and oxygen atoms in total. The second-order valence-corrected chi connectivity index (χ2v) is 3.38. The minimum Gasteiger partial charge on any atom is -0.504 e. The molecule has 0 saturated carbocycles. The van der Waals surface area contributed by atoms with Gasteiger partial charge < -0.3 is 20.5 Å². The van der Waals surface area contributed by atoms with Gasteiger partial charge in [0, 0.05) is 5.56 Å². The highest BCUT2D eigenvalue weighted by Crippen LogP contribution is 2.27. The third kappa shape index (κ3) is 2.00. The molecule has 8 heteroatoms. The molecule has 2 rings (SSSR count). The van der Waals surface area contributed by atoms with Crippen LogP contribution in [0.2, 0.25) is 0 Å². The van der Waals surface area contributed by atoms with Crippen molar-refractivity contribution in [2.45, 2.75) is 6.54 Å². The zero-order chi connectivity index (χ0) is 13.3. The highest BCUT2D eigenvalue weighted by molar-refractivity contribution is 5.92. The molecule has 0 spiro atoms. The minimum absolute atomic E-state index is 0.00292. The molecule has 1 heterocycles. The molecule has 4 N–H and O–H groups in total. The molecule has 18 heavy (non-hydrogen) atoms. The number of nitrogens with two attached hydrogens (primary N) is 1. The topological polar surface area (TPSA) is 122 Å². The van der Waals surface area contributed by atoms with E-state index in [4.69, 9.17) is 15.4 Å². The second-order valence-electron chi connectivity index (χ2n) is 3.38. The van der Waals surface area contributed by atoms with Gasteiger partial charge in [0.2, 0.25) is 11.7 Å². The van der Waals surface area contributed by atoms with Crippen LogP contribution in [0, 0.1) is 5.82 Å². The average Bonchev–Trinajstić information content (AvgIpc) is 2.80. The van der Waals surface area contributed by atoms with Gasteiger partial charge in [-0.05, 0) is 12.1 Å². The van der Waals surface area contributed by atoms with E-state index in [9.17, 15) is 14.3 Å². The van der Waals surface area contributed by atoms with Crippen molar-refractivity contribution < 1.29 is 23.9 Å². The molecule has 0 bridgehead atoms. The lowest BCUT2D eigenvalue weighted by molar-refractivity contribution is 0.0693. The molecule has 1 aromatic carbocycles. The lowest BCUT2D eigenvalue weighted by atomic mass is 10.1. The largest absolute Gasteiger partial charge is 0.504 e.